The maximum Gasteiger partial charge on any atom is 0.277 e. The minimum absolute atomic E-state index is 0.151. The molecule has 0 saturated carbocycles. The van der Waals surface area contributed by atoms with Gasteiger partial charge in [-0.2, -0.15) is 10.2 Å². The second-order valence-corrected chi connectivity index (χ2v) is 8.57. The minimum atomic E-state index is -0.346. The van der Waals surface area contributed by atoms with Crippen LogP contribution in [-0.2, 0) is 11.3 Å². The number of benzene rings is 1. The van der Waals surface area contributed by atoms with Crippen molar-refractivity contribution in [2.45, 2.75) is 19.4 Å². The number of hydrogen-bond acceptors (Lipinski definition) is 9. The second kappa shape index (κ2) is 9.15. The van der Waals surface area contributed by atoms with E-state index in [1.807, 2.05) is 0 Å². The summed E-state index contributed by atoms with van der Waals surface area (Å²) in [6.45, 7) is 5.39. The fourth-order valence-corrected chi connectivity index (χ4v) is 4.34. The molecule has 0 radical (unpaired) electrons. The number of halogens is 1. The summed E-state index contributed by atoms with van der Waals surface area (Å²) in [7, 11) is 0. The molecule has 12 heteroatoms. The lowest BCUT2D eigenvalue weighted by Crippen LogP contribution is -2.39. The molecule has 11 nitrogen and oxygen atoms in total. The Kier molecular flexibility index (Phi) is 6.05. The van der Waals surface area contributed by atoms with Gasteiger partial charge in [-0.15, -0.1) is 0 Å². The zero-order chi connectivity index (χ0) is 23.8. The van der Waals surface area contributed by atoms with Crippen molar-refractivity contribution in [2.75, 3.05) is 39.5 Å². The van der Waals surface area contributed by atoms with E-state index in [9.17, 15) is 15.2 Å². The van der Waals surface area contributed by atoms with Gasteiger partial charge in [-0.05, 0) is 12.1 Å². The highest BCUT2D eigenvalue weighted by atomic mass is 35.5. The molecule has 0 aliphatic carbocycles. The van der Waals surface area contributed by atoms with Crippen LogP contribution in [0.3, 0.4) is 0 Å². The topological polar surface area (TPSA) is 135 Å². The van der Waals surface area contributed by atoms with Crippen LogP contribution < -0.4 is 5.56 Å². The van der Waals surface area contributed by atoms with Crippen molar-refractivity contribution in [3.63, 3.8) is 0 Å². The average molecular weight is 484 g/mol. The Bertz CT molecular complexity index is 1460. The number of hydrogen-bond donors (Lipinski definition) is 1. The molecule has 4 aromatic rings. The summed E-state index contributed by atoms with van der Waals surface area (Å²) in [5.74, 6) is 0.0653. The monoisotopic (exact) mass is 483 g/mol. The predicted molar refractivity (Wildman–Crippen MR) is 123 cm³/mol. The first-order valence-electron chi connectivity index (χ1n) is 10.9. The maximum absolute atomic E-state index is 13.8. The van der Waals surface area contributed by atoms with E-state index >= 15 is 0 Å². The molecule has 1 N–H and O–H groups in total. The molecule has 3 aromatic heterocycles. The molecular weight excluding hydrogens is 462 g/mol. The molecule has 0 amide bonds. The smallest absolute Gasteiger partial charge is 0.277 e. The van der Waals surface area contributed by atoms with E-state index < -0.39 is 0 Å². The van der Waals surface area contributed by atoms with Gasteiger partial charge in [-0.25, -0.2) is 4.98 Å². The van der Waals surface area contributed by atoms with Gasteiger partial charge in [0.25, 0.3) is 5.56 Å². The molecule has 1 fully saturated rings. The van der Waals surface area contributed by atoms with Gasteiger partial charge in [0.1, 0.15) is 23.6 Å². The molecule has 0 spiro atoms. The summed E-state index contributed by atoms with van der Waals surface area (Å²) in [4.78, 5) is 24.8. The second-order valence-electron chi connectivity index (χ2n) is 8.16. The highest BCUT2D eigenvalue weighted by Crippen LogP contribution is 2.28. The summed E-state index contributed by atoms with van der Waals surface area (Å²) >= 11 is 6.33. The van der Waals surface area contributed by atoms with Crippen molar-refractivity contribution in [3.05, 3.63) is 45.3 Å². The van der Waals surface area contributed by atoms with E-state index in [0.717, 1.165) is 13.1 Å². The predicted octanol–water partition coefficient (Wildman–Crippen LogP) is 1.65. The van der Waals surface area contributed by atoms with Gasteiger partial charge >= 0.3 is 0 Å². The van der Waals surface area contributed by atoms with Crippen LogP contribution in [0.5, 0.6) is 0 Å². The van der Waals surface area contributed by atoms with Crippen LogP contribution >= 0.6 is 11.6 Å². The van der Waals surface area contributed by atoms with Crippen LogP contribution in [-0.4, -0.2) is 73.6 Å². The Morgan fingerprint density at radius 1 is 1.26 bits per heavy atom. The number of rotatable bonds is 6. The van der Waals surface area contributed by atoms with E-state index in [1.54, 1.807) is 28.0 Å². The molecule has 1 atom stereocenters. The molecule has 0 bridgehead atoms. The number of ether oxygens (including phenoxy) is 1. The highest BCUT2D eigenvalue weighted by Gasteiger charge is 2.24. The third-order valence-electron chi connectivity index (χ3n) is 6.05. The van der Waals surface area contributed by atoms with Crippen molar-refractivity contribution in [1.82, 2.24) is 29.0 Å². The molecule has 1 unspecified atom stereocenters. The largest absolute Gasteiger partial charge is 0.396 e. The lowest BCUT2D eigenvalue weighted by atomic mass is 10.1. The number of nitrogens with zero attached hydrogens (tertiary/aromatic N) is 7. The molecule has 1 saturated heterocycles. The summed E-state index contributed by atoms with van der Waals surface area (Å²) < 4.78 is 13.9. The Balaban J connectivity index is 1.71. The number of morpholine rings is 1. The standard InChI is InChI=1S/C22H22ClN7O4/c1-13(11-31)21-26-20(27-34-21)17-19-22(32)29(5-4-28-6-8-33-9-7-28)18-14(10-24)15(23)2-3-16(18)30(19)12-25-17/h2-3,12-13,31H,4-9,11H2,1H3. The molecule has 34 heavy (non-hydrogen) atoms. The van der Waals surface area contributed by atoms with Gasteiger partial charge in [0.05, 0.1) is 47.4 Å². The first kappa shape index (κ1) is 22.5. The Hall–Kier alpha value is -3.30. The highest BCUT2D eigenvalue weighted by molar-refractivity contribution is 6.32. The van der Waals surface area contributed by atoms with E-state index in [2.05, 4.69) is 26.1 Å². The number of aliphatic hydroxyl groups is 1. The molecule has 5 rings (SSSR count). The Morgan fingerprint density at radius 2 is 2.06 bits per heavy atom. The van der Waals surface area contributed by atoms with Crippen molar-refractivity contribution in [1.29, 1.82) is 5.26 Å². The molecule has 1 aliphatic rings. The maximum atomic E-state index is 13.8. The van der Waals surface area contributed by atoms with Crippen LogP contribution in [0.2, 0.25) is 5.02 Å². The van der Waals surface area contributed by atoms with Crippen LogP contribution in [0.1, 0.15) is 24.3 Å². The minimum Gasteiger partial charge on any atom is -0.396 e. The van der Waals surface area contributed by atoms with Gasteiger partial charge in [-0.3, -0.25) is 14.1 Å². The van der Waals surface area contributed by atoms with Crippen molar-refractivity contribution in [3.8, 4) is 17.6 Å². The van der Waals surface area contributed by atoms with Gasteiger partial charge in [0, 0.05) is 26.2 Å². The summed E-state index contributed by atoms with van der Waals surface area (Å²) in [5, 5.41) is 23.5. The van der Waals surface area contributed by atoms with E-state index in [4.69, 9.17) is 20.9 Å². The number of aromatic nitrogens is 5. The van der Waals surface area contributed by atoms with E-state index in [-0.39, 0.29) is 51.6 Å². The fraction of sp³-hybridized carbons (Fsp3) is 0.409. The number of fused-ring (bicyclic) bond motifs is 3. The Morgan fingerprint density at radius 3 is 2.79 bits per heavy atom. The first-order chi connectivity index (χ1) is 16.5. The van der Waals surface area contributed by atoms with Gasteiger partial charge in [0.2, 0.25) is 11.7 Å². The van der Waals surface area contributed by atoms with Gasteiger partial charge in [0.15, 0.2) is 0 Å². The van der Waals surface area contributed by atoms with Crippen LogP contribution in [0.25, 0.3) is 28.1 Å². The normalized spacial score (nSPS) is 15.7. The summed E-state index contributed by atoms with van der Waals surface area (Å²) in [6, 6.07) is 5.54. The molecule has 1 aliphatic heterocycles. The fourth-order valence-electron chi connectivity index (χ4n) is 4.15. The molecule has 1 aromatic carbocycles. The van der Waals surface area contributed by atoms with Crippen LogP contribution in [0, 0.1) is 11.3 Å². The summed E-state index contributed by atoms with van der Waals surface area (Å²) in [6.07, 6.45) is 1.50. The third-order valence-corrected chi connectivity index (χ3v) is 6.37. The quantitative estimate of drug-likeness (QED) is 0.434. The van der Waals surface area contributed by atoms with Crippen molar-refractivity contribution >= 4 is 28.2 Å². The number of nitriles is 1. The van der Waals surface area contributed by atoms with Crippen molar-refractivity contribution < 1.29 is 14.4 Å². The van der Waals surface area contributed by atoms with Gasteiger partial charge < -0.3 is 18.9 Å². The lowest BCUT2D eigenvalue weighted by Gasteiger charge is -2.27. The van der Waals surface area contributed by atoms with Gasteiger partial charge in [-0.1, -0.05) is 23.7 Å². The first-order valence-corrected chi connectivity index (χ1v) is 11.3. The molecular formula is C22H22ClN7O4. The van der Waals surface area contributed by atoms with Crippen molar-refractivity contribution in [2.24, 2.45) is 0 Å². The third kappa shape index (κ3) is 3.74. The van der Waals surface area contributed by atoms with E-state index in [0.29, 0.717) is 37.3 Å². The number of aliphatic hydroxyl groups excluding tert-OH is 1. The SMILES string of the molecule is CC(CO)c1nc(-c2ncn3c2c(=O)n(CCN2CCOCC2)c2c(C#N)c(Cl)ccc23)no1. The van der Waals surface area contributed by atoms with E-state index in [1.165, 1.54) is 6.33 Å². The molecule has 176 valence electrons. The number of imidazole rings is 1. The lowest BCUT2D eigenvalue weighted by molar-refractivity contribution is 0.0364. The summed E-state index contributed by atoms with van der Waals surface area (Å²) in [5.41, 5.74) is 1.49. The zero-order valence-electron chi connectivity index (χ0n) is 18.4. The van der Waals surface area contributed by atoms with Crippen LogP contribution in [0.4, 0.5) is 0 Å². The zero-order valence-corrected chi connectivity index (χ0v) is 19.2. The van der Waals surface area contributed by atoms with Crippen LogP contribution in [0.15, 0.2) is 27.8 Å². The molecule has 4 heterocycles. The average Bonchev–Trinajstić information content (AvgIpc) is 3.52. The Labute approximate surface area is 198 Å².